The van der Waals surface area contributed by atoms with Gasteiger partial charge in [-0.05, 0) is 42.2 Å². The van der Waals surface area contributed by atoms with E-state index in [4.69, 9.17) is 9.47 Å². The molecule has 0 aliphatic rings. The number of halogens is 1. The van der Waals surface area contributed by atoms with Gasteiger partial charge in [0.15, 0.2) is 0 Å². The molecule has 0 aromatic heterocycles. The summed E-state index contributed by atoms with van der Waals surface area (Å²) < 4.78 is 12.1. The predicted octanol–water partition coefficient (Wildman–Crippen LogP) is 4.60. The Bertz CT molecular complexity index is 549. The molecule has 0 aliphatic carbocycles. The summed E-state index contributed by atoms with van der Waals surface area (Å²) in [6, 6.07) is 17.0. The van der Waals surface area contributed by atoms with Crippen LogP contribution in [0.5, 0.6) is 5.75 Å². The van der Waals surface area contributed by atoms with Gasteiger partial charge in [0.25, 0.3) is 0 Å². The molecule has 0 saturated carbocycles. The van der Waals surface area contributed by atoms with E-state index in [1.54, 1.807) is 0 Å². The Labute approximate surface area is 153 Å². The Morgan fingerprint density at radius 3 is 2.12 bits per heavy atom. The zero-order valence-corrected chi connectivity index (χ0v) is 16.2. The van der Waals surface area contributed by atoms with Crippen molar-refractivity contribution in [2.45, 2.75) is 20.1 Å². The van der Waals surface area contributed by atoms with Gasteiger partial charge in [-0.3, -0.25) is 0 Å². The van der Waals surface area contributed by atoms with Gasteiger partial charge >= 0.3 is 0 Å². The van der Waals surface area contributed by atoms with E-state index in [9.17, 15) is 4.79 Å². The first kappa shape index (κ1) is 22.3. The Hall–Kier alpha value is -1.69. The van der Waals surface area contributed by atoms with Crippen molar-refractivity contribution >= 4 is 22.2 Å². The molecule has 132 valence electrons. The molecule has 1 unspecified atom stereocenters. The number of carbonyl (C=O) groups excluding carboxylic acids is 1. The van der Waals surface area contributed by atoms with Crippen molar-refractivity contribution in [2.24, 2.45) is 0 Å². The number of hydrogen-bond acceptors (Lipinski definition) is 4. The van der Waals surface area contributed by atoms with E-state index in [1.807, 2.05) is 82.5 Å². The molecule has 0 bridgehead atoms. The van der Waals surface area contributed by atoms with E-state index in [2.05, 4.69) is 21.2 Å². The summed E-state index contributed by atoms with van der Waals surface area (Å²) in [5, 5.41) is 2.75. The molecular weight excluding hydrogens is 370 g/mol. The number of aldehydes is 1. The first-order chi connectivity index (χ1) is 11.7. The number of hydrogen-bond donors (Lipinski definition) is 1. The summed E-state index contributed by atoms with van der Waals surface area (Å²) in [5.74, 6) is 0.669. The number of rotatable bonds is 6. The smallest absolute Gasteiger partial charge is 0.227 e. The zero-order chi connectivity index (χ0) is 18.2. The Balaban J connectivity index is 0.000000952. The van der Waals surface area contributed by atoms with Crippen molar-refractivity contribution in [1.82, 2.24) is 5.32 Å². The van der Waals surface area contributed by atoms with E-state index in [0.717, 1.165) is 10.0 Å². The van der Waals surface area contributed by atoms with E-state index in [-0.39, 0.29) is 6.61 Å². The summed E-state index contributed by atoms with van der Waals surface area (Å²) in [5.41, 5.74) is 0.861. The predicted molar refractivity (Wildman–Crippen MR) is 102 cm³/mol. The molecule has 1 atom stereocenters. The van der Waals surface area contributed by atoms with Crippen molar-refractivity contribution in [2.75, 3.05) is 20.7 Å². The van der Waals surface area contributed by atoms with Crippen LogP contribution in [-0.4, -0.2) is 27.0 Å². The maximum atomic E-state index is 10.5. The molecule has 2 rings (SSSR count). The molecule has 1 N–H and O–H groups in total. The monoisotopic (exact) mass is 395 g/mol. The highest BCUT2D eigenvalue weighted by Crippen LogP contribution is 2.29. The van der Waals surface area contributed by atoms with E-state index >= 15 is 0 Å². The third-order valence-electron chi connectivity index (χ3n) is 2.46. The molecule has 0 heterocycles. The van der Waals surface area contributed by atoms with Gasteiger partial charge in [0.1, 0.15) is 18.6 Å². The first-order valence-corrected chi connectivity index (χ1v) is 8.62. The van der Waals surface area contributed by atoms with Crippen molar-refractivity contribution in [3.8, 4) is 5.75 Å². The maximum absolute atomic E-state index is 10.5. The van der Waals surface area contributed by atoms with Crippen LogP contribution in [-0.2, 0) is 9.53 Å². The Kier molecular flexibility index (Phi) is 13.8. The summed E-state index contributed by atoms with van der Waals surface area (Å²) in [4.78, 5) is 10.5. The van der Waals surface area contributed by atoms with Crippen LogP contribution in [0.15, 0.2) is 59.1 Å². The molecule has 5 heteroatoms. The second kappa shape index (κ2) is 14.9. The number of para-hydroxylation sites is 1. The van der Waals surface area contributed by atoms with E-state index < -0.39 is 6.29 Å². The lowest BCUT2D eigenvalue weighted by Gasteiger charge is -2.19. The molecule has 0 spiro atoms. The van der Waals surface area contributed by atoms with Crippen molar-refractivity contribution in [3.63, 3.8) is 0 Å². The highest BCUT2D eigenvalue weighted by Gasteiger charge is 2.14. The van der Waals surface area contributed by atoms with E-state index in [1.165, 1.54) is 0 Å². The van der Waals surface area contributed by atoms with Gasteiger partial charge in [-0.15, -0.1) is 0 Å². The maximum Gasteiger partial charge on any atom is 0.227 e. The average Bonchev–Trinajstić information content (AvgIpc) is 2.63. The fourth-order valence-corrected chi connectivity index (χ4v) is 1.97. The lowest BCUT2D eigenvalue weighted by molar-refractivity contribution is -0.124. The molecule has 24 heavy (non-hydrogen) atoms. The summed E-state index contributed by atoms with van der Waals surface area (Å²) in [7, 11) is 3.75. The fourth-order valence-electron chi connectivity index (χ4n) is 1.59. The largest absolute Gasteiger partial charge is 0.459 e. The third-order valence-corrected chi connectivity index (χ3v) is 3.11. The normalized spacial score (nSPS) is 10.4. The van der Waals surface area contributed by atoms with Gasteiger partial charge in [0.05, 0.1) is 4.47 Å². The average molecular weight is 396 g/mol. The van der Waals surface area contributed by atoms with Crippen LogP contribution in [0.1, 0.15) is 25.7 Å². The summed E-state index contributed by atoms with van der Waals surface area (Å²) in [6.07, 6.45) is 0.101. The number of benzene rings is 2. The minimum absolute atomic E-state index is 0.00991. The van der Waals surface area contributed by atoms with Crippen LogP contribution in [0.25, 0.3) is 0 Å². The summed E-state index contributed by atoms with van der Waals surface area (Å²) in [6.45, 7) is 3.99. The fraction of sp³-hybridized carbons (Fsp3) is 0.316. The topological polar surface area (TPSA) is 47.6 Å². The highest BCUT2D eigenvalue weighted by molar-refractivity contribution is 9.10. The minimum atomic E-state index is -0.606. The molecule has 4 nitrogen and oxygen atoms in total. The van der Waals surface area contributed by atoms with Gasteiger partial charge in [-0.1, -0.05) is 56.3 Å². The molecule has 2 aromatic rings. The van der Waals surface area contributed by atoms with Gasteiger partial charge in [0, 0.05) is 5.56 Å². The molecular formula is C19H26BrNO3. The van der Waals surface area contributed by atoms with Crippen LogP contribution < -0.4 is 10.1 Å². The number of ether oxygens (including phenoxy) is 2. The van der Waals surface area contributed by atoms with Gasteiger partial charge in [-0.2, -0.15) is 0 Å². The lowest BCUT2D eigenvalue weighted by Crippen LogP contribution is -2.13. The SMILES string of the molecule is CC.CNC.O=CCOC(Oc1ccccc1Br)c1ccccc1. The van der Waals surface area contributed by atoms with Crippen molar-refractivity contribution in [3.05, 3.63) is 64.6 Å². The van der Waals surface area contributed by atoms with Crippen LogP contribution in [0.4, 0.5) is 0 Å². The first-order valence-electron chi connectivity index (χ1n) is 7.82. The van der Waals surface area contributed by atoms with Crippen LogP contribution in [0, 0.1) is 0 Å². The van der Waals surface area contributed by atoms with Crippen LogP contribution in [0.3, 0.4) is 0 Å². The van der Waals surface area contributed by atoms with Crippen molar-refractivity contribution < 1.29 is 14.3 Å². The third kappa shape index (κ3) is 8.82. The Morgan fingerprint density at radius 2 is 1.58 bits per heavy atom. The van der Waals surface area contributed by atoms with Crippen LogP contribution in [0.2, 0.25) is 0 Å². The van der Waals surface area contributed by atoms with Crippen molar-refractivity contribution in [1.29, 1.82) is 0 Å². The molecule has 0 saturated heterocycles. The molecule has 0 radical (unpaired) electrons. The van der Waals surface area contributed by atoms with Gasteiger partial charge in [0.2, 0.25) is 6.29 Å². The second-order valence-corrected chi connectivity index (χ2v) is 5.15. The number of carbonyl (C=O) groups is 1. The van der Waals surface area contributed by atoms with Gasteiger partial charge < -0.3 is 19.6 Å². The standard InChI is InChI=1S/C15H13BrO3.C2H7N.C2H6/c16-13-8-4-5-9-14(13)19-15(18-11-10-17)12-6-2-1-3-7-12;1-3-2;1-2/h1-10,15H,11H2;3H,1-2H3;1-2H3. The Morgan fingerprint density at radius 1 is 1.04 bits per heavy atom. The highest BCUT2D eigenvalue weighted by atomic mass is 79.9. The minimum Gasteiger partial charge on any atom is -0.459 e. The quantitative estimate of drug-likeness (QED) is 0.573. The second-order valence-electron chi connectivity index (χ2n) is 4.29. The number of nitrogens with one attached hydrogen (secondary N) is 1. The molecule has 0 fully saturated rings. The molecule has 0 aliphatic heterocycles. The lowest BCUT2D eigenvalue weighted by atomic mass is 10.2. The molecule has 0 amide bonds. The zero-order valence-electron chi connectivity index (χ0n) is 14.7. The van der Waals surface area contributed by atoms with Gasteiger partial charge in [-0.25, -0.2) is 0 Å². The summed E-state index contributed by atoms with van der Waals surface area (Å²) >= 11 is 3.42. The van der Waals surface area contributed by atoms with Crippen LogP contribution >= 0.6 is 15.9 Å². The van der Waals surface area contributed by atoms with E-state index in [0.29, 0.717) is 12.0 Å². The molecule has 2 aromatic carbocycles.